The zero-order valence-electron chi connectivity index (χ0n) is 15.3. The Morgan fingerprint density at radius 3 is 2.08 bits per heavy atom. The van der Waals surface area contributed by atoms with Crippen LogP contribution in [0.25, 0.3) is 0 Å². The van der Waals surface area contributed by atoms with Crippen molar-refractivity contribution in [3.63, 3.8) is 0 Å². The Labute approximate surface area is 155 Å². The molecule has 1 amide bonds. The molecule has 0 aromatic heterocycles. The second-order valence-corrected chi connectivity index (χ2v) is 7.60. The third-order valence-electron chi connectivity index (χ3n) is 4.08. The summed E-state index contributed by atoms with van der Waals surface area (Å²) in [5.74, 6) is 0.433. The van der Waals surface area contributed by atoms with Gasteiger partial charge in [-0.15, -0.1) is 0 Å². The Balaban J connectivity index is 2.06. The van der Waals surface area contributed by atoms with Gasteiger partial charge in [-0.1, -0.05) is 18.2 Å². The van der Waals surface area contributed by atoms with E-state index in [1.165, 1.54) is 11.4 Å². The molecule has 2 aromatic carbocycles. The maximum atomic E-state index is 12.6. The summed E-state index contributed by atoms with van der Waals surface area (Å²) in [6, 6.07) is 14.9. The van der Waals surface area contributed by atoms with Gasteiger partial charge in [-0.05, 0) is 50.2 Å². The van der Waals surface area contributed by atoms with Crippen LogP contribution >= 0.6 is 0 Å². The minimum absolute atomic E-state index is 0.0425. The van der Waals surface area contributed by atoms with Crippen LogP contribution in [0.15, 0.2) is 59.5 Å². The summed E-state index contributed by atoms with van der Waals surface area (Å²) < 4.78 is 31.9. The zero-order valence-corrected chi connectivity index (χ0v) is 16.1. The molecule has 0 aliphatic heterocycles. The molecule has 7 heteroatoms. The lowest BCUT2D eigenvalue weighted by Crippen LogP contribution is -2.34. The fourth-order valence-corrected chi connectivity index (χ4v) is 3.67. The number of hydrogen-bond acceptors (Lipinski definition) is 4. The average Bonchev–Trinajstić information content (AvgIpc) is 2.68. The molecule has 0 aliphatic carbocycles. The minimum atomic E-state index is -3.62. The third kappa shape index (κ3) is 4.54. The van der Waals surface area contributed by atoms with Crippen molar-refractivity contribution in [2.45, 2.75) is 18.7 Å². The summed E-state index contributed by atoms with van der Waals surface area (Å²) >= 11 is 0. The standard InChI is InChI=1S/C19H24N2O4S/c1-4-21(5-2)19(22)15-25-17-13-11-16(12-14-17)20(3)26(23,24)18-9-7-6-8-10-18/h6-14H,4-5,15H2,1-3H3. The van der Waals surface area contributed by atoms with E-state index in [4.69, 9.17) is 4.74 Å². The molecule has 2 rings (SSSR count). The van der Waals surface area contributed by atoms with Gasteiger partial charge in [-0.2, -0.15) is 0 Å². The Morgan fingerprint density at radius 2 is 1.54 bits per heavy atom. The summed E-state index contributed by atoms with van der Waals surface area (Å²) in [7, 11) is -2.11. The lowest BCUT2D eigenvalue weighted by Gasteiger charge is -2.20. The molecule has 0 radical (unpaired) electrons. The van der Waals surface area contributed by atoms with Gasteiger partial charge >= 0.3 is 0 Å². The van der Waals surface area contributed by atoms with E-state index in [1.807, 2.05) is 13.8 Å². The fraction of sp³-hybridized carbons (Fsp3) is 0.316. The van der Waals surface area contributed by atoms with Crippen LogP contribution in [-0.2, 0) is 14.8 Å². The van der Waals surface area contributed by atoms with Crippen molar-refractivity contribution in [1.82, 2.24) is 4.90 Å². The van der Waals surface area contributed by atoms with Crippen molar-refractivity contribution in [2.24, 2.45) is 0 Å². The number of amides is 1. The van der Waals surface area contributed by atoms with Crippen molar-refractivity contribution < 1.29 is 17.9 Å². The van der Waals surface area contributed by atoms with Crippen molar-refractivity contribution in [3.8, 4) is 5.75 Å². The van der Waals surface area contributed by atoms with Gasteiger partial charge in [0.25, 0.3) is 15.9 Å². The van der Waals surface area contributed by atoms with E-state index in [0.29, 0.717) is 24.5 Å². The molecule has 2 aromatic rings. The van der Waals surface area contributed by atoms with Crippen LogP contribution in [-0.4, -0.2) is 46.0 Å². The highest BCUT2D eigenvalue weighted by Crippen LogP contribution is 2.24. The van der Waals surface area contributed by atoms with E-state index in [1.54, 1.807) is 59.5 Å². The number of ether oxygens (including phenoxy) is 1. The molecular formula is C19H24N2O4S. The van der Waals surface area contributed by atoms with Gasteiger partial charge in [0.15, 0.2) is 6.61 Å². The number of carbonyl (C=O) groups is 1. The van der Waals surface area contributed by atoms with Crippen LogP contribution in [0, 0.1) is 0 Å². The Morgan fingerprint density at radius 1 is 0.962 bits per heavy atom. The molecule has 26 heavy (non-hydrogen) atoms. The second-order valence-electron chi connectivity index (χ2n) is 5.63. The molecule has 0 bridgehead atoms. The molecule has 0 heterocycles. The maximum absolute atomic E-state index is 12.6. The fourth-order valence-electron chi connectivity index (χ4n) is 2.45. The number of carbonyl (C=O) groups excluding carboxylic acids is 1. The van der Waals surface area contributed by atoms with Crippen LogP contribution < -0.4 is 9.04 Å². The predicted octanol–water partition coefficient (Wildman–Crippen LogP) is 2.76. The molecular weight excluding hydrogens is 352 g/mol. The summed E-state index contributed by atoms with van der Waals surface area (Å²) in [4.78, 5) is 13.9. The highest BCUT2D eigenvalue weighted by molar-refractivity contribution is 7.92. The molecule has 0 aliphatic rings. The summed E-state index contributed by atoms with van der Waals surface area (Å²) in [6.45, 7) is 5.07. The van der Waals surface area contributed by atoms with Crippen molar-refractivity contribution in [2.75, 3.05) is 31.0 Å². The topological polar surface area (TPSA) is 66.9 Å². The largest absolute Gasteiger partial charge is 0.484 e. The van der Waals surface area contributed by atoms with Gasteiger partial charge < -0.3 is 9.64 Å². The Bertz CT molecular complexity index is 816. The number of benzene rings is 2. The van der Waals surface area contributed by atoms with Gasteiger partial charge in [0.2, 0.25) is 0 Å². The number of likely N-dealkylation sites (N-methyl/N-ethyl adjacent to an activating group) is 1. The number of sulfonamides is 1. The highest BCUT2D eigenvalue weighted by Gasteiger charge is 2.20. The van der Waals surface area contributed by atoms with Gasteiger partial charge in [0.1, 0.15) is 5.75 Å². The first-order valence-corrected chi connectivity index (χ1v) is 9.88. The van der Waals surface area contributed by atoms with E-state index in [0.717, 1.165) is 0 Å². The van der Waals surface area contributed by atoms with Crippen LogP contribution in [0.1, 0.15) is 13.8 Å². The molecule has 6 nitrogen and oxygen atoms in total. The van der Waals surface area contributed by atoms with Crippen LogP contribution in [0.2, 0.25) is 0 Å². The van der Waals surface area contributed by atoms with E-state index >= 15 is 0 Å². The van der Waals surface area contributed by atoms with Gasteiger partial charge in [0.05, 0.1) is 10.6 Å². The van der Waals surface area contributed by atoms with Crippen molar-refractivity contribution in [3.05, 3.63) is 54.6 Å². The second kappa shape index (κ2) is 8.71. The average molecular weight is 376 g/mol. The monoisotopic (exact) mass is 376 g/mol. The zero-order chi connectivity index (χ0) is 19.2. The van der Waals surface area contributed by atoms with Gasteiger partial charge in [0, 0.05) is 20.1 Å². The van der Waals surface area contributed by atoms with E-state index in [9.17, 15) is 13.2 Å². The molecule has 0 fully saturated rings. The lowest BCUT2D eigenvalue weighted by atomic mass is 10.3. The van der Waals surface area contributed by atoms with E-state index in [-0.39, 0.29) is 17.4 Å². The highest BCUT2D eigenvalue weighted by atomic mass is 32.2. The Hall–Kier alpha value is -2.54. The molecule has 0 saturated heterocycles. The number of hydrogen-bond donors (Lipinski definition) is 0. The molecule has 140 valence electrons. The first kappa shape index (κ1) is 19.8. The van der Waals surface area contributed by atoms with Crippen LogP contribution in [0.4, 0.5) is 5.69 Å². The van der Waals surface area contributed by atoms with Crippen molar-refractivity contribution >= 4 is 21.6 Å². The quantitative estimate of drug-likeness (QED) is 0.710. The minimum Gasteiger partial charge on any atom is -0.484 e. The molecule has 0 unspecified atom stereocenters. The van der Waals surface area contributed by atoms with E-state index < -0.39 is 10.0 Å². The third-order valence-corrected chi connectivity index (χ3v) is 5.88. The molecule has 0 saturated carbocycles. The predicted molar refractivity (Wildman–Crippen MR) is 102 cm³/mol. The summed E-state index contributed by atoms with van der Waals surface area (Å²) in [5, 5.41) is 0. The molecule has 0 spiro atoms. The smallest absolute Gasteiger partial charge is 0.264 e. The Kier molecular flexibility index (Phi) is 6.63. The number of rotatable bonds is 8. The van der Waals surface area contributed by atoms with Crippen LogP contribution in [0.5, 0.6) is 5.75 Å². The number of anilines is 1. The van der Waals surface area contributed by atoms with E-state index in [2.05, 4.69) is 0 Å². The van der Waals surface area contributed by atoms with Crippen molar-refractivity contribution in [1.29, 1.82) is 0 Å². The molecule has 0 N–H and O–H groups in total. The van der Waals surface area contributed by atoms with Gasteiger partial charge in [-0.3, -0.25) is 9.10 Å². The summed E-state index contributed by atoms with van der Waals surface area (Å²) in [6.07, 6.45) is 0. The SMILES string of the molecule is CCN(CC)C(=O)COc1ccc(N(C)S(=O)(=O)c2ccccc2)cc1. The van der Waals surface area contributed by atoms with Crippen LogP contribution in [0.3, 0.4) is 0 Å². The first-order chi connectivity index (χ1) is 12.4. The molecule has 0 atom stereocenters. The lowest BCUT2D eigenvalue weighted by molar-refractivity contribution is -0.132. The number of nitrogens with zero attached hydrogens (tertiary/aromatic N) is 2. The maximum Gasteiger partial charge on any atom is 0.264 e. The van der Waals surface area contributed by atoms with Gasteiger partial charge in [-0.25, -0.2) is 8.42 Å². The first-order valence-electron chi connectivity index (χ1n) is 8.44. The normalized spacial score (nSPS) is 11.0. The summed E-state index contributed by atoms with van der Waals surface area (Å²) in [5.41, 5.74) is 0.510.